The minimum atomic E-state index is -0.194. The Balaban J connectivity index is 2.17. The van der Waals surface area contributed by atoms with Gasteiger partial charge in [0.15, 0.2) is 0 Å². The van der Waals surface area contributed by atoms with Crippen LogP contribution in [0.3, 0.4) is 0 Å². The van der Waals surface area contributed by atoms with E-state index in [4.69, 9.17) is 5.73 Å². The number of benzene rings is 1. The molecule has 1 amide bonds. The summed E-state index contributed by atoms with van der Waals surface area (Å²) in [5, 5.41) is 0. The molecule has 1 heterocycles. The van der Waals surface area contributed by atoms with Gasteiger partial charge in [-0.05, 0) is 24.3 Å². The van der Waals surface area contributed by atoms with Crippen molar-refractivity contribution in [2.45, 2.75) is 38.6 Å². The first-order valence-electron chi connectivity index (χ1n) is 7.20. The molecule has 3 nitrogen and oxygen atoms in total. The van der Waals surface area contributed by atoms with Gasteiger partial charge in [0.2, 0.25) is 5.91 Å². The van der Waals surface area contributed by atoms with Gasteiger partial charge in [-0.2, -0.15) is 0 Å². The van der Waals surface area contributed by atoms with E-state index in [9.17, 15) is 4.79 Å². The van der Waals surface area contributed by atoms with E-state index < -0.39 is 0 Å². The second-order valence-electron chi connectivity index (χ2n) is 5.68. The van der Waals surface area contributed by atoms with E-state index in [0.717, 1.165) is 24.9 Å². The van der Waals surface area contributed by atoms with Crippen LogP contribution in [0.25, 0.3) is 0 Å². The fraction of sp³-hybridized carbons (Fsp3) is 0.562. The zero-order valence-corrected chi connectivity index (χ0v) is 11.9. The van der Waals surface area contributed by atoms with Crippen LogP contribution in [0, 0.1) is 5.92 Å². The number of nitrogens with two attached hydrogens (primary N) is 1. The summed E-state index contributed by atoms with van der Waals surface area (Å²) in [4.78, 5) is 14.8. The van der Waals surface area contributed by atoms with Gasteiger partial charge in [-0.1, -0.05) is 44.2 Å². The van der Waals surface area contributed by atoms with Crippen LogP contribution in [0.1, 0.15) is 38.2 Å². The van der Waals surface area contributed by atoms with Gasteiger partial charge in [-0.15, -0.1) is 0 Å². The summed E-state index contributed by atoms with van der Waals surface area (Å²) in [7, 11) is 0. The molecule has 19 heavy (non-hydrogen) atoms. The SMILES string of the molecule is CC(C)C1CCCN1C(=O)C(CN)c1ccccc1. The lowest BCUT2D eigenvalue weighted by atomic mass is 9.95. The molecule has 0 radical (unpaired) electrons. The quantitative estimate of drug-likeness (QED) is 0.903. The molecule has 0 bridgehead atoms. The summed E-state index contributed by atoms with van der Waals surface area (Å²) in [6.07, 6.45) is 2.23. The molecule has 0 saturated carbocycles. The number of hydrogen-bond donors (Lipinski definition) is 1. The molecule has 0 spiro atoms. The number of amides is 1. The Bertz CT molecular complexity index is 416. The number of carbonyl (C=O) groups is 1. The van der Waals surface area contributed by atoms with Crippen LogP contribution in [0.4, 0.5) is 0 Å². The second-order valence-corrected chi connectivity index (χ2v) is 5.68. The lowest BCUT2D eigenvalue weighted by Gasteiger charge is -2.31. The summed E-state index contributed by atoms with van der Waals surface area (Å²) in [5.41, 5.74) is 6.88. The molecule has 1 aliphatic rings. The minimum absolute atomic E-state index is 0.194. The molecule has 3 heteroatoms. The van der Waals surface area contributed by atoms with Gasteiger partial charge < -0.3 is 10.6 Å². The highest BCUT2D eigenvalue weighted by atomic mass is 16.2. The van der Waals surface area contributed by atoms with E-state index in [1.807, 2.05) is 30.3 Å². The Morgan fingerprint density at radius 2 is 2.05 bits per heavy atom. The van der Waals surface area contributed by atoms with E-state index in [2.05, 4.69) is 18.7 Å². The van der Waals surface area contributed by atoms with Crippen molar-refractivity contribution >= 4 is 5.91 Å². The number of nitrogens with zero attached hydrogens (tertiary/aromatic N) is 1. The van der Waals surface area contributed by atoms with Crippen molar-refractivity contribution in [1.29, 1.82) is 0 Å². The number of hydrogen-bond acceptors (Lipinski definition) is 2. The highest BCUT2D eigenvalue weighted by molar-refractivity contribution is 5.84. The zero-order chi connectivity index (χ0) is 13.8. The second kappa shape index (κ2) is 6.20. The Labute approximate surface area is 115 Å². The normalized spacial score (nSPS) is 20.8. The molecule has 2 unspecified atom stereocenters. The maximum absolute atomic E-state index is 12.7. The highest BCUT2D eigenvalue weighted by Gasteiger charge is 2.34. The predicted octanol–water partition coefficient (Wildman–Crippen LogP) is 2.38. The van der Waals surface area contributed by atoms with Gasteiger partial charge in [-0.25, -0.2) is 0 Å². The first-order valence-corrected chi connectivity index (χ1v) is 7.20. The summed E-state index contributed by atoms with van der Waals surface area (Å²) in [6.45, 7) is 5.64. The van der Waals surface area contributed by atoms with E-state index in [1.165, 1.54) is 0 Å². The van der Waals surface area contributed by atoms with Crippen LogP contribution in [0.5, 0.6) is 0 Å². The number of likely N-dealkylation sites (tertiary alicyclic amines) is 1. The third kappa shape index (κ3) is 2.98. The van der Waals surface area contributed by atoms with Gasteiger partial charge in [-0.3, -0.25) is 4.79 Å². The van der Waals surface area contributed by atoms with Gasteiger partial charge in [0.1, 0.15) is 0 Å². The molecule has 2 rings (SSSR count). The van der Waals surface area contributed by atoms with Gasteiger partial charge >= 0.3 is 0 Å². The number of rotatable bonds is 4. The Hall–Kier alpha value is -1.35. The third-order valence-electron chi connectivity index (χ3n) is 4.09. The van der Waals surface area contributed by atoms with Gasteiger partial charge in [0.25, 0.3) is 0 Å². The van der Waals surface area contributed by atoms with Crippen molar-refractivity contribution in [3.8, 4) is 0 Å². The topological polar surface area (TPSA) is 46.3 Å². The molecular weight excluding hydrogens is 236 g/mol. The fourth-order valence-electron chi connectivity index (χ4n) is 3.02. The van der Waals surface area contributed by atoms with Crippen molar-refractivity contribution in [2.24, 2.45) is 11.7 Å². The van der Waals surface area contributed by atoms with Crippen LogP contribution >= 0.6 is 0 Å². The lowest BCUT2D eigenvalue weighted by molar-refractivity contribution is -0.134. The van der Waals surface area contributed by atoms with E-state index in [0.29, 0.717) is 18.5 Å². The van der Waals surface area contributed by atoms with Gasteiger partial charge in [0, 0.05) is 19.1 Å². The van der Waals surface area contributed by atoms with E-state index in [1.54, 1.807) is 0 Å². The summed E-state index contributed by atoms with van der Waals surface area (Å²) < 4.78 is 0. The minimum Gasteiger partial charge on any atom is -0.339 e. The smallest absolute Gasteiger partial charge is 0.231 e. The van der Waals surface area contributed by atoms with Crippen LogP contribution in [-0.4, -0.2) is 29.9 Å². The van der Waals surface area contributed by atoms with Crippen molar-refractivity contribution in [3.05, 3.63) is 35.9 Å². The van der Waals surface area contributed by atoms with Crippen LogP contribution in [0.2, 0.25) is 0 Å². The van der Waals surface area contributed by atoms with Crippen molar-refractivity contribution in [1.82, 2.24) is 4.90 Å². The maximum Gasteiger partial charge on any atom is 0.231 e. The van der Waals surface area contributed by atoms with Crippen LogP contribution in [-0.2, 0) is 4.79 Å². The molecule has 0 aliphatic carbocycles. The predicted molar refractivity (Wildman–Crippen MR) is 77.8 cm³/mol. The lowest BCUT2D eigenvalue weighted by Crippen LogP contribution is -2.43. The summed E-state index contributed by atoms with van der Waals surface area (Å²) >= 11 is 0. The molecule has 1 saturated heterocycles. The maximum atomic E-state index is 12.7. The number of carbonyl (C=O) groups excluding carboxylic acids is 1. The van der Waals surface area contributed by atoms with Crippen molar-refractivity contribution in [3.63, 3.8) is 0 Å². The largest absolute Gasteiger partial charge is 0.339 e. The third-order valence-corrected chi connectivity index (χ3v) is 4.09. The standard InChI is InChI=1S/C16H24N2O/c1-12(2)15-9-6-10-18(15)16(19)14(11-17)13-7-4-3-5-8-13/h3-5,7-8,12,14-15H,6,9-11,17H2,1-2H3. The highest BCUT2D eigenvalue weighted by Crippen LogP contribution is 2.28. The van der Waals surface area contributed by atoms with Crippen LogP contribution < -0.4 is 5.73 Å². The van der Waals surface area contributed by atoms with E-state index in [-0.39, 0.29) is 11.8 Å². The molecule has 104 valence electrons. The molecule has 2 atom stereocenters. The van der Waals surface area contributed by atoms with Crippen molar-refractivity contribution < 1.29 is 4.79 Å². The molecule has 1 aliphatic heterocycles. The first kappa shape index (κ1) is 14.1. The summed E-state index contributed by atoms with van der Waals surface area (Å²) in [6, 6.07) is 10.3. The van der Waals surface area contributed by atoms with Crippen molar-refractivity contribution in [2.75, 3.05) is 13.1 Å². The summed E-state index contributed by atoms with van der Waals surface area (Å²) in [5.74, 6) is 0.520. The first-order chi connectivity index (χ1) is 9.15. The average Bonchev–Trinajstić information content (AvgIpc) is 2.90. The molecule has 1 fully saturated rings. The van der Waals surface area contributed by atoms with E-state index >= 15 is 0 Å². The van der Waals surface area contributed by atoms with Gasteiger partial charge in [0.05, 0.1) is 5.92 Å². The molecule has 0 aromatic heterocycles. The molecule has 1 aromatic carbocycles. The Morgan fingerprint density at radius 1 is 1.37 bits per heavy atom. The Kier molecular flexibility index (Phi) is 4.59. The fourth-order valence-corrected chi connectivity index (χ4v) is 3.02. The monoisotopic (exact) mass is 260 g/mol. The average molecular weight is 260 g/mol. The Morgan fingerprint density at radius 3 is 2.63 bits per heavy atom. The van der Waals surface area contributed by atoms with Crippen LogP contribution in [0.15, 0.2) is 30.3 Å². The molecule has 1 aromatic rings. The molecule has 2 N–H and O–H groups in total. The zero-order valence-electron chi connectivity index (χ0n) is 11.9. The molecular formula is C16H24N2O.